The summed E-state index contributed by atoms with van der Waals surface area (Å²) in [5.41, 5.74) is 3.00. The Hall–Kier alpha value is -2.41. The van der Waals surface area contributed by atoms with Gasteiger partial charge in [0, 0.05) is 18.5 Å². The van der Waals surface area contributed by atoms with Crippen molar-refractivity contribution in [3.05, 3.63) is 46.4 Å². The fourth-order valence-corrected chi connectivity index (χ4v) is 3.31. The molecule has 126 valence electrons. The van der Waals surface area contributed by atoms with Gasteiger partial charge in [-0.1, -0.05) is 12.1 Å². The number of piperidine rings is 1. The second-order valence-corrected chi connectivity index (χ2v) is 6.41. The molecule has 7 heteroatoms. The third-order valence-corrected chi connectivity index (χ3v) is 4.67. The smallest absolute Gasteiger partial charge is 0.308 e. The molecule has 6 nitrogen and oxygen atoms in total. The highest BCUT2D eigenvalue weighted by atomic mass is 32.1. The molecule has 3 rings (SSSR count). The van der Waals surface area contributed by atoms with E-state index in [4.69, 9.17) is 4.74 Å². The van der Waals surface area contributed by atoms with Crippen LogP contribution < -0.4 is 4.74 Å². The van der Waals surface area contributed by atoms with Crippen LogP contribution in [0.5, 0.6) is 5.75 Å². The van der Waals surface area contributed by atoms with Gasteiger partial charge in [-0.3, -0.25) is 9.59 Å². The Morgan fingerprint density at radius 3 is 2.96 bits per heavy atom. The summed E-state index contributed by atoms with van der Waals surface area (Å²) in [6.45, 7) is 1.11. The minimum Gasteiger partial charge on any atom is -0.486 e. The summed E-state index contributed by atoms with van der Waals surface area (Å²) in [5.74, 6) is -1.03. The molecule has 1 atom stereocenters. The Bertz CT molecular complexity index is 717. The standard InChI is InChI=1S/C17H18N2O4S/c20-16(19-7-3-4-12(8-19)17(21)22)14-5-1-2-6-15(14)23-9-13-10-24-11-18-13/h1-2,5-6,10-12H,3-4,7-9H2,(H,21,22)/t12-/m1/s1. The molecule has 1 fully saturated rings. The lowest BCUT2D eigenvalue weighted by molar-refractivity contribution is -0.143. The number of benzene rings is 1. The molecule has 2 aromatic rings. The van der Waals surface area contributed by atoms with E-state index in [2.05, 4.69) is 4.98 Å². The fraction of sp³-hybridized carbons (Fsp3) is 0.353. The predicted octanol–water partition coefficient (Wildman–Crippen LogP) is 2.66. The minimum absolute atomic E-state index is 0.185. The minimum atomic E-state index is -0.847. The third kappa shape index (κ3) is 3.73. The number of likely N-dealkylation sites (tertiary alicyclic amines) is 1. The Morgan fingerprint density at radius 1 is 1.38 bits per heavy atom. The maximum absolute atomic E-state index is 12.8. The van der Waals surface area contributed by atoms with Crippen molar-refractivity contribution in [2.75, 3.05) is 13.1 Å². The highest BCUT2D eigenvalue weighted by molar-refractivity contribution is 7.07. The average Bonchev–Trinajstić information content (AvgIpc) is 3.13. The zero-order valence-corrected chi connectivity index (χ0v) is 13.9. The molecule has 1 aliphatic heterocycles. The number of aromatic nitrogens is 1. The zero-order valence-electron chi connectivity index (χ0n) is 13.1. The number of thiazole rings is 1. The fourth-order valence-electron chi connectivity index (χ4n) is 2.76. The van der Waals surface area contributed by atoms with Crippen LogP contribution in [0.2, 0.25) is 0 Å². The molecule has 1 aliphatic rings. The predicted molar refractivity (Wildman–Crippen MR) is 89.2 cm³/mol. The third-order valence-electron chi connectivity index (χ3n) is 4.03. The zero-order chi connectivity index (χ0) is 16.9. The Morgan fingerprint density at radius 2 is 2.21 bits per heavy atom. The summed E-state index contributed by atoms with van der Waals surface area (Å²) in [4.78, 5) is 29.7. The van der Waals surface area contributed by atoms with Gasteiger partial charge in [-0.05, 0) is 25.0 Å². The van der Waals surface area contributed by atoms with Crippen LogP contribution in [0, 0.1) is 5.92 Å². The summed E-state index contributed by atoms with van der Waals surface area (Å²) in [5, 5.41) is 11.1. The molecule has 1 aromatic heterocycles. The topological polar surface area (TPSA) is 79.7 Å². The number of amides is 1. The second kappa shape index (κ2) is 7.44. The molecule has 1 amide bonds. The van der Waals surface area contributed by atoms with E-state index in [1.807, 2.05) is 11.4 Å². The number of aliphatic carboxylic acids is 1. The van der Waals surface area contributed by atoms with Gasteiger partial charge >= 0.3 is 5.97 Å². The van der Waals surface area contributed by atoms with Crippen molar-refractivity contribution < 1.29 is 19.4 Å². The first-order valence-electron chi connectivity index (χ1n) is 7.76. The van der Waals surface area contributed by atoms with Crippen LogP contribution >= 0.6 is 11.3 Å². The van der Waals surface area contributed by atoms with E-state index in [-0.39, 0.29) is 12.5 Å². The van der Waals surface area contributed by atoms with Gasteiger partial charge in [0.1, 0.15) is 12.4 Å². The summed E-state index contributed by atoms with van der Waals surface area (Å²) in [6.07, 6.45) is 1.31. The summed E-state index contributed by atoms with van der Waals surface area (Å²) >= 11 is 1.49. The van der Waals surface area contributed by atoms with Crippen molar-refractivity contribution in [2.24, 2.45) is 5.92 Å². The molecule has 0 spiro atoms. The van der Waals surface area contributed by atoms with Gasteiger partial charge in [-0.25, -0.2) is 4.98 Å². The van der Waals surface area contributed by atoms with Gasteiger partial charge in [0.15, 0.2) is 0 Å². The van der Waals surface area contributed by atoms with Gasteiger partial charge < -0.3 is 14.7 Å². The van der Waals surface area contributed by atoms with Crippen molar-refractivity contribution >= 4 is 23.2 Å². The van der Waals surface area contributed by atoms with Gasteiger partial charge in [-0.2, -0.15) is 0 Å². The average molecular weight is 346 g/mol. The number of hydrogen-bond donors (Lipinski definition) is 1. The van der Waals surface area contributed by atoms with Crippen LogP contribution in [0.3, 0.4) is 0 Å². The molecular weight excluding hydrogens is 328 g/mol. The van der Waals surface area contributed by atoms with Crippen LogP contribution in [-0.4, -0.2) is 40.0 Å². The molecule has 1 aromatic carbocycles. The quantitative estimate of drug-likeness (QED) is 0.900. The molecule has 0 saturated carbocycles. The maximum atomic E-state index is 12.8. The monoisotopic (exact) mass is 346 g/mol. The largest absolute Gasteiger partial charge is 0.486 e. The van der Waals surface area contributed by atoms with Crippen molar-refractivity contribution in [1.29, 1.82) is 0 Å². The first kappa shape index (κ1) is 16.4. The Labute approximate surface area is 143 Å². The maximum Gasteiger partial charge on any atom is 0.308 e. The highest BCUT2D eigenvalue weighted by Gasteiger charge is 2.29. The Kier molecular flexibility index (Phi) is 5.10. The molecule has 1 saturated heterocycles. The van der Waals surface area contributed by atoms with Crippen molar-refractivity contribution in [3.8, 4) is 5.75 Å². The van der Waals surface area contributed by atoms with Gasteiger partial charge in [0.25, 0.3) is 5.91 Å². The lowest BCUT2D eigenvalue weighted by atomic mass is 9.97. The lowest BCUT2D eigenvalue weighted by Gasteiger charge is -2.31. The number of carbonyl (C=O) groups is 2. The summed E-state index contributed by atoms with van der Waals surface area (Å²) < 4.78 is 5.75. The first-order chi connectivity index (χ1) is 11.6. The second-order valence-electron chi connectivity index (χ2n) is 5.69. The van der Waals surface area contributed by atoms with Crippen LogP contribution in [0.15, 0.2) is 35.2 Å². The summed E-state index contributed by atoms with van der Waals surface area (Å²) in [7, 11) is 0. The summed E-state index contributed by atoms with van der Waals surface area (Å²) in [6, 6.07) is 7.05. The number of carboxylic acid groups (broad SMARTS) is 1. The number of para-hydroxylation sites is 1. The number of rotatable bonds is 5. The van der Waals surface area contributed by atoms with Gasteiger partial charge in [-0.15, -0.1) is 11.3 Å². The molecule has 0 aliphatic carbocycles. The van der Waals surface area contributed by atoms with Crippen LogP contribution in [0.25, 0.3) is 0 Å². The van der Waals surface area contributed by atoms with E-state index in [1.54, 1.807) is 28.6 Å². The van der Waals surface area contributed by atoms with Gasteiger partial charge in [0.05, 0.1) is 22.7 Å². The molecular formula is C17H18N2O4S. The number of nitrogens with zero attached hydrogens (tertiary/aromatic N) is 2. The number of carbonyl (C=O) groups excluding carboxylic acids is 1. The van der Waals surface area contributed by atoms with E-state index < -0.39 is 11.9 Å². The molecule has 0 unspecified atom stereocenters. The van der Waals surface area contributed by atoms with Crippen molar-refractivity contribution in [1.82, 2.24) is 9.88 Å². The SMILES string of the molecule is O=C(O)[C@@H]1CCCN(C(=O)c2ccccc2OCc2cscn2)C1. The van der Waals surface area contributed by atoms with Crippen LogP contribution in [0.1, 0.15) is 28.9 Å². The van der Waals surface area contributed by atoms with Gasteiger partial charge in [0.2, 0.25) is 0 Å². The van der Waals surface area contributed by atoms with E-state index in [1.165, 1.54) is 11.3 Å². The van der Waals surface area contributed by atoms with Crippen molar-refractivity contribution in [2.45, 2.75) is 19.4 Å². The van der Waals surface area contributed by atoms with E-state index in [0.717, 1.165) is 5.69 Å². The molecule has 2 heterocycles. The highest BCUT2D eigenvalue weighted by Crippen LogP contribution is 2.24. The van der Waals surface area contributed by atoms with Crippen LogP contribution in [-0.2, 0) is 11.4 Å². The molecule has 24 heavy (non-hydrogen) atoms. The van der Waals surface area contributed by atoms with E-state index in [0.29, 0.717) is 37.3 Å². The van der Waals surface area contributed by atoms with E-state index in [9.17, 15) is 14.7 Å². The van der Waals surface area contributed by atoms with Crippen LogP contribution in [0.4, 0.5) is 0 Å². The molecule has 1 N–H and O–H groups in total. The Balaban J connectivity index is 1.73. The lowest BCUT2D eigenvalue weighted by Crippen LogP contribution is -2.42. The normalized spacial score (nSPS) is 17.5. The number of ether oxygens (including phenoxy) is 1. The first-order valence-corrected chi connectivity index (χ1v) is 8.70. The van der Waals surface area contributed by atoms with E-state index >= 15 is 0 Å². The number of carboxylic acids is 1. The molecule has 0 bridgehead atoms. The molecule has 0 radical (unpaired) electrons. The van der Waals surface area contributed by atoms with Crippen molar-refractivity contribution in [3.63, 3.8) is 0 Å². The number of hydrogen-bond acceptors (Lipinski definition) is 5.